The van der Waals surface area contributed by atoms with Crippen molar-refractivity contribution in [1.29, 1.82) is 0 Å². The summed E-state index contributed by atoms with van der Waals surface area (Å²) >= 11 is 6.02. The van der Waals surface area contributed by atoms with Crippen LogP contribution in [0.4, 0.5) is 0 Å². The highest BCUT2D eigenvalue weighted by Gasteiger charge is 2.17. The van der Waals surface area contributed by atoms with Gasteiger partial charge < -0.3 is 14.6 Å². The van der Waals surface area contributed by atoms with Gasteiger partial charge in [-0.25, -0.2) is 0 Å². The number of hydrogen-bond acceptors (Lipinski definition) is 3. The van der Waals surface area contributed by atoms with Gasteiger partial charge in [0.25, 0.3) is 5.91 Å². The molecule has 0 aliphatic carbocycles. The van der Waals surface area contributed by atoms with E-state index in [-0.39, 0.29) is 5.91 Å². The fraction of sp³-hybridized carbons (Fsp3) is 0.250. The van der Waals surface area contributed by atoms with Crippen molar-refractivity contribution in [3.05, 3.63) is 69.9 Å². The zero-order chi connectivity index (χ0) is 18.0. The summed E-state index contributed by atoms with van der Waals surface area (Å²) in [5.41, 5.74) is 3.76. The lowest BCUT2D eigenvalue weighted by Crippen LogP contribution is -2.23. The quantitative estimate of drug-likeness (QED) is 0.737. The van der Waals surface area contributed by atoms with E-state index in [2.05, 4.69) is 22.3 Å². The van der Waals surface area contributed by atoms with Gasteiger partial charge in [0.1, 0.15) is 5.58 Å². The van der Waals surface area contributed by atoms with E-state index in [1.165, 1.54) is 5.56 Å². The Morgan fingerprint density at radius 3 is 2.48 bits per heavy atom. The number of fused-ring (bicyclic) bond motifs is 1. The van der Waals surface area contributed by atoms with E-state index in [0.29, 0.717) is 22.9 Å². The van der Waals surface area contributed by atoms with Crippen LogP contribution in [0.5, 0.6) is 0 Å². The number of nitrogens with zero attached hydrogens (tertiary/aromatic N) is 1. The third-order valence-corrected chi connectivity index (χ3v) is 4.31. The molecule has 0 aliphatic rings. The highest BCUT2D eigenvalue weighted by atomic mass is 35.5. The summed E-state index contributed by atoms with van der Waals surface area (Å²) < 4.78 is 5.69. The van der Waals surface area contributed by atoms with Crippen LogP contribution in [0.15, 0.2) is 46.9 Å². The fourth-order valence-electron chi connectivity index (χ4n) is 2.80. The van der Waals surface area contributed by atoms with E-state index in [1.54, 1.807) is 12.1 Å². The van der Waals surface area contributed by atoms with Crippen LogP contribution in [0.1, 0.15) is 27.2 Å². The number of carbonyl (C=O) groups excluding carboxylic acids is 1. The van der Waals surface area contributed by atoms with E-state index in [0.717, 1.165) is 23.1 Å². The van der Waals surface area contributed by atoms with Gasteiger partial charge in [-0.15, -0.1) is 0 Å². The van der Waals surface area contributed by atoms with Gasteiger partial charge in [0.15, 0.2) is 5.76 Å². The average Bonchev–Trinajstić information content (AvgIpc) is 2.90. The Bertz CT molecular complexity index is 898. The summed E-state index contributed by atoms with van der Waals surface area (Å²) in [5.74, 6) is 0.115. The van der Waals surface area contributed by atoms with Crippen molar-refractivity contribution in [2.75, 3.05) is 14.1 Å². The molecule has 1 aromatic heterocycles. The summed E-state index contributed by atoms with van der Waals surface area (Å²) in [5, 5.41) is 4.41. The minimum atomic E-state index is -0.220. The predicted octanol–water partition coefficient (Wildman–Crippen LogP) is 4.39. The van der Waals surface area contributed by atoms with Crippen molar-refractivity contribution in [3.8, 4) is 0 Å². The van der Waals surface area contributed by atoms with Gasteiger partial charge >= 0.3 is 0 Å². The maximum Gasteiger partial charge on any atom is 0.287 e. The normalized spacial score (nSPS) is 11.2. The van der Waals surface area contributed by atoms with Gasteiger partial charge in [-0.3, -0.25) is 4.79 Å². The second-order valence-electron chi connectivity index (χ2n) is 6.43. The van der Waals surface area contributed by atoms with E-state index >= 15 is 0 Å². The molecule has 1 amide bonds. The molecule has 0 spiro atoms. The van der Waals surface area contributed by atoms with E-state index in [9.17, 15) is 4.79 Å². The summed E-state index contributed by atoms with van der Waals surface area (Å²) in [6, 6.07) is 13.6. The molecule has 4 nitrogen and oxygen atoms in total. The number of rotatable bonds is 5. The molecule has 0 saturated heterocycles. The monoisotopic (exact) mass is 356 g/mol. The molecule has 5 heteroatoms. The number of halogens is 1. The van der Waals surface area contributed by atoms with Crippen molar-refractivity contribution in [2.45, 2.75) is 20.0 Å². The summed E-state index contributed by atoms with van der Waals surface area (Å²) in [4.78, 5) is 14.6. The highest BCUT2D eigenvalue weighted by Crippen LogP contribution is 2.27. The number of aryl methyl sites for hydroxylation is 1. The lowest BCUT2D eigenvalue weighted by molar-refractivity contribution is 0.0924. The van der Waals surface area contributed by atoms with Crippen LogP contribution in [-0.2, 0) is 13.1 Å². The largest absolute Gasteiger partial charge is 0.451 e. The summed E-state index contributed by atoms with van der Waals surface area (Å²) in [7, 11) is 4.08. The molecule has 130 valence electrons. The molecular formula is C20H21ClN2O2. The lowest BCUT2D eigenvalue weighted by atomic mass is 10.1. The number of amides is 1. The molecule has 0 bridgehead atoms. The Morgan fingerprint density at radius 1 is 1.12 bits per heavy atom. The van der Waals surface area contributed by atoms with Gasteiger partial charge in [-0.2, -0.15) is 0 Å². The number of nitrogens with one attached hydrogen (secondary N) is 1. The van der Waals surface area contributed by atoms with Crippen molar-refractivity contribution in [3.63, 3.8) is 0 Å². The molecule has 1 N–H and O–H groups in total. The maximum absolute atomic E-state index is 12.5. The average molecular weight is 357 g/mol. The molecule has 1 heterocycles. The van der Waals surface area contributed by atoms with Gasteiger partial charge in [-0.1, -0.05) is 35.9 Å². The van der Waals surface area contributed by atoms with Gasteiger partial charge in [0.2, 0.25) is 0 Å². The first-order valence-electron chi connectivity index (χ1n) is 8.13. The first-order chi connectivity index (χ1) is 11.9. The molecule has 0 aliphatic heterocycles. The van der Waals surface area contributed by atoms with Crippen LogP contribution in [0.25, 0.3) is 11.0 Å². The van der Waals surface area contributed by atoms with Crippen LogP contribution in [0, 0.1) is 6.92 Å². The molecule has 3 aromatic rings. The number of carbonyl (C=O) groups is 1. The van der Waals surface area contributed by atoms with Crippen molar-refractivity contribution in [1.82, 2.24) is 10.2 Å². The zero-order valence-corrected chi connectivity index (χ0v) is 15.4. The molecule has 0 fully saturated rings. The van der Waals surface area contributed by atoms with Gasteiger partial charge in [-0.05, 0) is 50.3 Å². The summed E-state index contributed by atoms with van der Waals surface area (Å²) in [6.07, 6.45) is 0. The topological polar surface area (TPSA) is 45.5 Å². The highest BCUT2D eigenvalue weighted by molar-refractivity contribution is 6.31. The predicted molar refractivity (Wildman–Crippen MR) is 101 cm³/mol. The smallest absolute Gasteiger partial charge is 0.287 e. The molecule has 0 unspecified atom stereocenters. The third-order valence-electron chi connectivity index (χ3n) is 4.08. The van der Waals surface area contributed by atoms with Gasteiger partial charge in [0, 0.05) is 29.1 Å². The maximum atomic E-state index is 12.5. The molecule has 0 radical (unpaired) electrons. The Balaban J connectivity index is 1.69. The second-order valence-corrected chi connectivity index (χ2v) is 6.87. The van der Waals surface area contributed by atoms with Crippen LogP contribution in [-0.4, -0.2) is 24.9 Å². The number of benzene rings is 2. The Kier molecular flexibility index (Phi) is 5.11. The third kappa shape index (κ3) is 4.03. The number of furan rings is 1. The van der Waals surface area contributed by atoms with E-state index in [4.69, 9.17) is 16.0 Å². The second kappa shape index (κ2) is 7.30. The lowest BCUT2D eigenvalue weighted by Gasteiger charge is -2.10. The van der Waals surface area contributed by atoms with Gasteiger partial charge in [0.05, 0.1) is 0 Å². The van der Waals surface area contributed by atoms with Crippen molar-refractivity contribution in [2.24, 2.45) is 0 Å². The standard InChI is InChI=1S/C20H21ClN2O2/c1-13-17-10-16(21)8-9-18(17)25-19(13)20(24)22-11-14-4-6-15(7-5-14)12-23(2)3/h4-10H,11-12H2,1-3H3,(H,22,24). The molecular weight excluding hydrogens is 336 g/mol. The molecule has 2 aromatic carbocycles. The van der Waals surface area contributed by atoms with Crippen LogP contribution in [0.2, 0.25) is 5.02 Å². The first kappa shape index (κ1) is 17.5. The SMILES string of the molecule is Cc1c(C(=O)NCc2ccc(CN(C)C)cc2)oc2ccc(Cl)cc12. The van der Waals surface area contributed by atoms with Crippen molar-refractivity contribution < 1.29 is 9.21 Å². The Hall–Kier alpha value is -2.30. The van der Waals surface area contributed by atoms with Crippen molar-refractivity contribution >= 4 is 28.5 Å². The van der Waals surface area contributed by atoms with E-state index in [1.807, 2.05) is 39.2 Å². The molecule has 3 rings (SSSR count). The zero-order valence-electron chi connectivity index (χ0n) is 14.6. The Labute approximate surface area is 152 Å². The van der Waals surface area contributed by atoms with Crippen LogP contribution in [0.3, 0.4) is 0 Å². The first-order valence-corrected chi connectivity index (χ1v) is 8.51. The number of hydrogen-bond donors (Lipinski definition) is 1. The molecule has 0 atom stereocenters. The summed E-state index contributed by atoms with van der Waals surface area (Å²) in [6.45, 7) is 3.22. The fourth-order valence-corrected chi connectivity index (χ4v) is 2.97. The minimum absolute atomic E-state index is 0.220. The molecule has 0 saturated carbocycles. The van der Waals surface area contributed by atoms with Crippen LogP contribution >= 0.6 is 11.6 Å². The minimum Gasteiger partial charge on any atom is -0.451 e. The van der Waals surface area contributed by atoms with E-state index < -0.39 is 0 Å². The Morgan fingerprint density at radius 2 is 1.80 bits per heavy atom. The van der Waals surface area contributed by atoms with Crippen LogP contribution < -0.4 is 5.32 Å². The molecule has 25 heavy (non-hydrogen) atoms.